The number of nitrogens with one attached hydrogen (secondary N) is 1. The minimum atomic E-state index is 0.0488. The normalized spacial score (nSPS) is 22.5. The molecular weight excluding hydrogens is 264 g/mol. The molecule has 1 aromatic rings. The molecule has 1 fully saturated rings. The molecule has 5 heteroatoms. The van der Waals surface area contributed by atoms with Gasteiger partial charge < -0.3 is 9.64 Å². The molecule has 0 radical (unpaired) electrons. The largest absolute Gasteiger partial charge is 0.491 e. The molecule has 2 unspecified atom stereocenters. The minimum absolute atomic E-state index is 0.0488. The number of likely N-dealkylation sites (N-methyl/N-ethyl adjacent to an activating group) is 2. The SMILES string of the molecule is CC(C)Oc1ccccc1C(NN)C1CN(C)CCN1C. The van der Waals surface area contributed by atoms with Crippen molar-refractivity contribution >= 4 is 0 Å². The van der Waals surface area contributed by atoms with E-state index >= 15 is 0 Å². The Kier molecular flexibility index (Phi) is 5.58. The van der Waals surface area contributed by atoms with E-state index in [1.54, 1.807) is 0 Å². The first-order valence-electron chi connectivity index (χ1n) is 7.63. The molecule has 118 valence electrons. The van der Waals surface area contributed by atoms with Gasteiger partial charge in [-0.1, -0.05) is 18.2 Å². The predicted octanol–water partition coefficient (Wildman–Crippen LogP) is 1.22. The van der Waals surface area contributed by atoms with Crippen LogP contribution in [0.1, 0.15) is 25.5 Å². The molecule has 0 aliphatic carbocycles. The Labute approximate surface area is 128 Å². The first kappa shape index (κ1) is 16.2. The maximum atomic E-state index is 5.95. The molecule has 1 heterocycles. The van der Waals surface area contributed by atoms with Crippen molar-refractivity contribution in [3.8, 4) is 5.75 Å². The van der Waals surface area contributed by atoms with Gasteiger partial charge in [-0.05, 0) is 34.0 Å². The van der Waals surface area contributed by atoms with Crippen molar-refractivity contribution in [3.05, 3.63) is 29.8 Å². The molecule has 21 heavy (non-hydrogen) atoms. The number of hydrogen-bond donors (Lipinski definition) is 2. The fourth-order valence-electron chi connectivity index (χ4n) is 2.91. The third-order valence-electron chi connectivity index (χ3n) is 4.08. The zero-order valence-electron chi connectivity index (χ0n) is 13.5. The van der Waals surface area contributed by atoms with Crippen LogP contribution < -0.4 is 16.0 Å². The van der Waals surface area contributed by atoms with Crippen molar-refractivity contribution in [2.75, 3.05) is 33.7 Å². The van der Waals surface area contributed by atoms with Crippen LogP contribution in [0.5, 0.6) is 5.75 Å². The fourth-order valence-corrected chi connectivity index (χ4v) is 2.91. The summed E-state index contributed by atoms with van der Waals surface area (Å²) in [6.45, 7) is 7.21. The predicted molar refractivity (Wildman–Crippen MR) is 86.2 cm³/mol. The highest BCUT2D eigenvalue weighted by atomic mass is 16.5. The summed E-state index contributed by atoms with van der Waals surface area (Å²) in [7, 11) is 4.32. The van der Waals surface area contributed by atoms with Gasteiger partial charge in [-0.15, -0.1) is 0 Å². The number of para-hydroxylation sites is 1. The summed E-state index contributed by atoms with van der Waals surface area (Å²) in [5.74, 6) is 6.81. The molecule has 0 aromatic heterocycles. The molecular formula is C16H28N4O. The van der Waals surface area contributed by atoms with Gasteiger partial charge in [0.25, 0.3) is 0 Å². The summed E-state index contributed by atoms with van der Waals surface area (Å²) in [6.07, 6.45) is 0.149. The Balaban J connectivity index is 2.28. The van der Waals surface area contributed by atoms with Crippen molar-refractivity contribution in [2.24, 2.45) is 5.84 Å². The number of benzene rings is 1. The molecule has 5 nitrogen and oxygen atoms in total. The van der Waals surface area contributed by atoms with E-state index in [4.69, 9.17) is 10.6 Å². The van der Waals surface area contributed by atoms with Crippen molar-refractivity contribution < 1.29 is 4.74 Å². The van der Waals surface area contributed by atoms with Crippen LogP contribution in [0.15, 0.2) is 24.3 Å². The van der Waals surface area contributed by atoms with Gasteiger partial charge in [0.05, 0.1) is 12.1 Å². The maximum Gasteiger partial charge on any atom is 0.124 e. The zero-order valence-corrected chi connectivity index (χ0v) is 13.5. The summed E-state index contributed by atoms with van der Waals surface area (Å²) in [5.41, 5.74) is 4.13. The quantitative estimate of drug-likeness (QED) is 0.631. The van der Waals surface area contributed by atoms with Gasteiger partial charge in [-0.3, -0.25) is 16.2 Å². The van der Waals surface area contributed by atoms with Gasteiger partial charge in [0.15, 0.2) is 0 Å². The van der Waals surface area contributed by atoms with E-state index in [1.807, 2.05) is 32.0 Å². The Bertz CT molecular complexity index is 452. The molecule has 0 spiro atoms. The van der Waals surface area contributed by atoms with Gasteiger partial charge in [-0.25, -0.2) is 0 Å². The zero-order chi connectivity index (χ0) is 15.4. The molecule has 1 saturated heterocycles. The second kappa shape index (κ2) is 7.22. The number of hydrogen-bond acceptors (Lipinski definition) is 5. The average molecular weight is 292 g/mol. The van der Waals surface area contributed by atoms with Crippen LogP contribution >= 0.6 is 0 Å². The fraction of sp³-hybridized carbons (Fsp3) is 0.625. The number of rotatable bonds is 5. The van der Waals surface area contributed by atoms with Crippen LogP contribution in [0.25, 0.3) is 0 Å². The number of nitrogens with two attached hydrogens (primary N) is 1. The highest BCUT2D eigenvalue weighted by molar-refractivity contribution is 5.37. The first-order valence-corrected chi connectivity index (χ1v) is 7.63. The van der Waals surface area contributed by atoms with Crippen molar-refractivity contribution in [2.45, 2.75) is 32.0 Å². The van der Waals surface area contributed by atoms with E-state index in [0.717, 1.165) is 30.9 Å². The van der Waals surface area contributed by atoms with Gasteiger partial charge in [0.1, 0.15) is 5.75 Å². The lowest BCUT2D eigenvalue weighted by Gasteiger charge is -2.42. The van der Waals surface area contributed by atoms with Gasteiger partial charge >= 0.3 is 0 Å². The second-order valence-electron chi connectivity index (χ2n) is 6.16. The van der Waals surface area contributed by atoms with Crippen LogP contribution in [0.2, 0.25) is 0 Å². The van der Waals surface area contributed by atoms with Gasteiger partial charge in [0, 0.05) is 31.2 Å². The molecule has 3 N–H and O–H groups in total. The summed E-state index contributed by atoms with van der Waals surface area (Å²) < 4.78 is 5.95. The molecule has 0 amide bonds. The van der Waals surface area contributed by atoms with Crippen molar-refractivity contribution in [3.63, 3.8) is 0 Å². The third-order valence-corrected chi connectivity index (χ3v) is 4.08. The topological polar surface area (TPSA) is 53.8 Å². The van der Waals surface area contributed by atoms with Crippen LogP contribution in [-0.2, 0) is 0 Å². The van der Waals surface area contributed by atoms with E-state index in [-0.39, 0.29) is 12.1 Å². The van der Waals surface area contributed by atoms with Crippen LogP contribution in [0.3, 0.4) is 0 Å². The summed E-state index contributed by atoms with van der Waals surface area (Å²) in [5, 5.41) is 0. The van der Waals surface area contributed by atoms with E-state index in [2.05, 4.69) is 35.4 Å². The van der Waals surface area contributed by atoms with E-state index in [9.17, 15) is 0 Å². The minimum Gasteiger partial charge on any atom is -0.491 e. The summed E-state index contributed by atoms with van der Waals surface area (Å²) >= 11 is 0. The lowest BCUT2D eigenvalue weighted by Crippen LogP contribution is -2.56. The molecule has 0 saturated carbocycles. The van der Waals surface area contributed by atoms with Crippen molar-refractivity contribution in [1.29, 1.82) is 0 Å². The van der Waals surface area contributed by atoms with Gasteiger partial charge in [-0.2, -0.15) is 0 Å². The monoisotopic (exact) mass is 292 g/mol. The highest BCUT2D eigenvalue weighted by Gasteiger charge is 2.31. The van der Waals surface area contributed by atoms with Crippen molar-refractivity contribution in [1.82, 2.24) is 15.2 Å². The molecule has 1 aliphatic rings. The second-order valence-corrected chi connectivity index (χ2v) is 6.16. The molecule has 0 bridgehead atoms. The average Bonchev–Trinajstić information content (AvgIpc) is 2.44. The van der Waals surface area contributed by atoms with Crippen LogP contribution in [0, 0.1) is 0 Å². The Morgan fingerprint density at radius 2 is 1.95 bits per heavy atom. The molecule has 2 atom stereocenters. The highest BCUT2D eigenvalue weighted by Crippen LogP contribution is 2.30. The number of nitrogens with zero attached hydrogens (tertiary/aromatic N) is 2. The molecule has 1 aromatic carbocycles. The number of ether oxygens (including phenoxy) is 1. The third kappa shape index (κ3) is 3.95. The van der Waals surface area contributed by atoms with E-state index in [0.29, 0.717) is 6.04 Å². The van der Waals surface area contributed by atoms with Gasteiger partial charge in [0.2, 0.25) is 0 Å². The first-order chi connectivity index (χ1) is 10.0. The number of piperazine rings is 1. The number of hydrazine groups is 1. The summed E-state index contributed by atoms with van der Waals surface area (Å²) in [4.78, 5) is 4.72. The van der Waals surface area contributed by atoms with E-state index < -0.39 is 0 Å². The molecule has 2 rings (SSSR count). The summed E-state index contributed by atoms with van der Waals surface area (Å²) in [6, 6.07) is 8.54. The van der Waals surface area contributed by atoms with Crippen LogP contribution in [0.4, 0.5) is 0 Å². The smallest absolute Gasteiger partial charge is 0.124 e. The Hall–Kier alpha value is -1.14. The maximum absolute atomic E-state index is 5.95. The lowest BCUT2D eigenvalue weighted by atomic mass is 9.96. The molecule has 1 aliphatic heterocycles. The van der Waals surface area contributed by atoms with E-state index in [1.165, 1.54) is 0 Å². The lowest BCUT2D eigenvalue weighted by molar-refractivity contribution is 0.0862. The van der Waals surface area contributed by atoms with Crippen LogP contribution in [-0.4, -0.2) is 55.7 Å². The standard InChI is InChI=1S/C16H28N4O/c1-12(2)21-15-8-6-5-7-13(15)16(18-17)14-11-19(3)9-10-20(14)4/h5-8,12,14,16,18H,9-11,17H2,1-4H3. The Morgan fingerprint density at radius 1 is 1.24 bits per heavy atom. The Morgan fingerprint density at radius 3 is 2.62 bits per heavy atom.